The van der Waals surface area contributed by atoms with Crippen LogP contribution in [0.3, 0.4) is 0 Å². The molecule has 0 aliphatic rings. The molecule has 3 N–H and O–H groups in total. The van der Waals surface area contributed by atoms with E-state index < -0.39 is 0 Å². The Morgan fingerprint density at radius 1 is 1.15 bits per heavy atom. The van der Waals surface area contributed by atoms with Gasteiger partial charge in [-0.05, 0) is 35.4 Å². The zero-order valence-electron chi connectivity index (χ0n) is 11.4. The first-order valence-electron chi connectivity index (χ1n) is 6.43. The first-order chi connectivity index (χ1) is 9.72. The molecule has 2 aromatic carbocycles. The molecule has 0 unspecified atom stereocenters. The van der Waals surface area contributed by atoms with Gasteiger partial charge in [0.2, 0.25) is 0 Å². The SMILES string of the molecule is COc1ccc(C(=O)NCc2cccc(CN)c2)cc1. The number of hydrogen-bond acceptors (Lipinski definition) is 3. The highest BCUT2D eigenvalue weighted by Crippen LogP contribution is 2.11. The van der Waals surface area contributed by atoms with E-state index in [9.17, 15) is 4.79 Å². The molecule has 0 saturated heterocycles. The number of nitrogens with one attached hydrogen (secondary N) is 1. The van der Waals surface area contributed by atoms with E-state index in [0.717, 1.165) is 16.9 Å². The highest BCUT2D eigenvalue weighted by Gasteiger charge is 2.05. The molecule has 104 valence electrons. The van der Waals surface area contributed by atoms with Gasteiger partial charge in [0.25, 0.3) is 5.91 Å². The molecule has 0 aliphatic carbocycles. The normalized spacial score (nSPS) is 10.1. The molecule has 20 heavy (non-hydrogen) atoms. The van der Waals surface area contributed by atoms with Gasteiger partial charge in [-0.3, -0.25) is 4.79 Å². The van der Waals surface area contributed by atoms with Gasteiger partial charge >= 0.3 is 0 Å². The lowest BCUT2D eigenvalue weighted by molar-refractivity contribution is 0.0951. The minimum Gasteiger partial charge on any atom is -0.497 e. The summed E-state index contributed by atoms with van der Waals surface area (Å²) in [6, 6.07) is 14.9. The van der Waals surface area contributed by atoms with E-state index >= 15 is 0 Å². The molecule has 0 saturated carbocycles. The molecule has 0 atom stereocenters. The molecule has 0 radical (unpaired) electrons. The Morgan fingerprint density at radius 2 is 1.85 bits per heavy atom. The maximum Gasteiger partial charge on any atom is 0.251 e. The van der Waals surface area contributed by atoms with Crippen molar-refractivity contribution in [1.82, 2.24) is 5.32 Å². The number of nitrogens with two attached hydrogens (primary N) is 1. The molecular formula is C16H18N2O2. The molecule has 0 heterocycles. The lowest BCUT2D eigenvalue weighted by Gasteiger charge is -2.07. The van der Waals surface area contributed by atoms with E-state index in [4.69, 9.17) is 10.5 Å². The Hall–Kier alpha value is -2.33. The summed E-state index contributed by atoms with van der Waals surface area (Å²) in [4.78, 5) is 12.0. The number of carbonyl (C=O) groups is 1. The summed E-state index contributed by atoms with van der Waals surface area (Å²) < 4.78 is 5.06. The van der Waals surface area contributed by atoms with Crippen molar-refractivity contribution in [1.29, 1.82) is 0 Å². The van der Waals surface area contributed by atoms with Gasteiger partial charge in [0.1, 0.15) is 5.75 Å². The zero-order valence-corrected chi connectivity index (χ0v) is 11.4. The Balaban J connectivity index is 1.97. The maximum absolute atomic E-state index is 12.0. The van der Waals surface area contributed by atoms with Gasteiger partial charge in [0.05, 0.1) is 7.11 Å². The quantitative estimate of drug-likeness (QED) is 0.874. The minimum absolute atomic E-state index is 0.106. The van der Waals surface area contributed by atoms with E-state index in [1.807, 2.05) is 24.3 Å². The van der Waals surface area contributed by atoms with Crippen LogP contribution in [0.5, 0.6) is 5.75 Å². The van der Waals surface area contributed by atoms with Gasteiger partial charge in [0, 0.05) is 18.7 Å². The summed E-state index contributed by atoms with van der Waals surface area (Å²) in [5, 5.41) is 2.88. The molecule has 0 spiro atoms. The van der Waals surface area contributed by atoms with Crippen LogP contribution in [-0.4, -0.2) is 13.0 Å². The summed E-state index contributed by atoms with van der Waals surface area (Å²) in [6.07, 6.45) is 0. The lowest BCUT2D eigenvalue weighted by Crippen LogP contribution is -2.22. The van der Waals surface area contributed by atoms with Gasteiger partial charge < -0.3 is 15.8 Å². The summed E-state index contributed by atoms with van der Waals surface area (Å²) in [6.45, 7) is 0.985. The zero-order chi connectivity index (χ0) is 14.4. The predicted molar refractivity (Wildman–Crippen MR) is 78.5 cm³/mol. The summed E-state index contributed by atoms with van der Waals surface area (Å²) >= 11 is 0. The fraction of sp³-hybridized carbons (Fsp3) is 0.188. The number of methoxy groups -OCH3 is 1. The second kappa shape index (κ2) is 6.73. The van der Waals surface area contributed by atoms with E-state index in [0.29, 0.717) is 18.7 Å². The molecule has 1 amide bonds. The topological polar surface area (TPSA) is 64.3 Å². The van der Waals surface area contributed by atoms with Crippen LogP contribution >= 0.6 is 0 Å². The van der Waals surface area contributed by atoms with Crippen molar-refractivity contribution < 1.29 is 9.53 Å². The van der Waals surface area contributed by atoms with E-state index in [1.165, 1.54) is 0 Å². The summed E-state index contributed by atoms with van der Waals surface area (Å²) in [7, 11) is 1.60. The van der Waals surface area contributed by atoms with E-state index in [2.05, 4.69) is 5.32 Å². The number of carbonyl (C=O) groups excluding carboxylic acids is 1. The fourth-order valence-electron chi connectivity index (χ4n) is 1.89. The standard InChI is InChI=1S/C16H18N2O2/c1-20-15-7-5-14(6-8-15)16(19)18-11-13-4-2-3-12(9-13)10-17/h2-9H,10-11,17H2,1H3,(H,18,19). The second-order valence-corrected chi connectivity index (χ2v) is 4.44. The van der Waals surface area contributed by atoms with Crippen LogP contribution in [-0.2, 0) is 13.1 Å². The smallest absolute Gasteiger partial charge is 0.251 e. The number of hydrogen-bond donors (Lipinski definition) is 2. The number of amides is 1. The van der Waals surface area contributed by atoms with E-state index in [-0.39, 0.29) is 5.91 Å². The van der Waals surface area contributed by atoms with Gasteiger partial charge in [0.15, 0.2) is 0 Å². The minimum atomic E-state index is -0.106. The van der Waals surface area contributed by atoms with Gasteiger partial charge in [-0.15, -0.1) is 0 Å². The van der Waals surface area contributed by atoms with Crippen LogP contribution < -0.4 is 15.8 Å². The Bertz CT molecular complexity index is 579. The average molecular weight is 270 g/mol. The van der Waals surface area contributed by atoms with Crippen molar-refractivity contribution in [2.24, 2.45) is 5.73 Å². The van der Waals surface area contributed by atoms with Crippen molar-refractivity contribution >= 4 is 5.91 Å². The molecular weight excluding hydrogens is 252 g/mol. The van der Waals surface area contributed by atoms with Crippen LogP contribution in [0.1, 0.15) is 21.5 Å². The van der Waals surface area contributed by atoms with Crippen LogP contribution in [0.4, 0.5) is 0 Å². The van der Waals surface area contributed by atoms with E-state index in [1.54, 1.807) is 31.4 Å². The van der Waals surface area contributed by atoms with Crippen molar-refractivity contribution in [3.05, 3.63) is 65.2 Å². The first kappa shape index (κ1) is 14.1. The highest BCUT2D eigenvalue weighted by atomic mass is 16.5. The van der Waals surface area contributed by atoms with Gasteiger partial charge in [-0.2, -0.15) is 0 Å². The highest BCUT2D eigenvalue weighted by molar-refractivity contribution is 5.94. The monoisotopic (exact) mass is 270 g/mol. The summed E-state index contributed by atoms with van der Waals surface area (Å²) in [5.41, 5.74) is 8.30. The fourth-order valence-corrected chi connectivity index (χ4v) is 1.89. The Labute approximate surface area is 118 Å². The Morgan fingerprint density at radius 3 is 2.50 bits per heavy atom. The molecule has 0 bridgehead atoms. The predicted octanol–water partition coefficient (Wildman–Crippen LogP) is 2.08. The number of benzene rings is 2. The van der Waals surface area contributed by atoms with Crippen LogP contribution in [0.25, 0.3) is 0 Å². The first-order valence-corrected chi connectivity index (χ1v) is 6.43. The van der Waals surface area contributed by atoms with Crippen molar-refractivity contribution in [2.45, 2.75) is 13.1 Å². The van der Waals surface area contributed by atoms with Gasteiger partial charge in [-0.1, -0.05) is 24.3 Å². The largest absolute Gasteiger partial charge is 0.497 e. The number of ether oxygens (including phenoxy) is 1. The maximum atomic E-state index is 12.0. The van der Waals surface area contributed by atoms with Crippen molar-refractivity contribution in [2.75, 3.05) is 7.11 Å². The molecule has 2 rings (SSSR count). The number of rotatable bonds is 5. The third-order valence-electron chi connectivity index (χ3n) is 3.03. The Kier molecular flexibility index (Phi) is 4.74. The lowest BCUT2D eigenvalue weighted by atomic mass is 10.1. The van der Waals surface area contributed by atoms with Crippen molar-refractivity contribution in [3.8, 4) is 5.75 Å². The molecule has 4 heteroatoms. The third kappa shape index (κ3) is 3.59. The van der Waals surface area contributed by atoms with Crippen LogP contribution in [0, 0.1) is 0 Å². The van der Waals surface area contributed by atoms with Crippen molar-refractivity contribution in [3.63, 3.8) is 0 Å². The molecule has 0 aliphatic heterocycles. The second-order valence-electron chi connectivity index (χ2n) is 4.44. The summed E-state index contributed by atoms with van der Waals surface area (Å²) in [5.74, 6) is 0.628. The molecule has 4 nitrogen and oxygen atoms in total. The molecule has 2 aromatic rings. The van der Waals surface area contributed by atoms with Crippen LogP contribution in [0.2, 0.25) is 0 Å². The molecule has 0 fully saturated rings. The van der Waals surface area contributed by atoms with Crippen LogP contribution in [0.15, 0.2) is 48.5 Å². The third-order valence-corrected chi connectivity index (χ3v) is 3.03. The molecule has 0 aromatic heterocycles. The average Bonchev–Trinajstić information content (AvgIpc) is 2.53. The van der Waals surface area contributed by atoms with Gasteiger partial charge in [-0.25, -0.2) is 0 Å².